The van der Waals surface area contributed by atoms with Crippen molar-refractivity contribution in [2.75, 3.05) is 5.32 Å². The summed E-state index contributed by atoms with van der Waals surface area (Å²) in [6.07, 6.45) is 3.23. The van der Waals surface area contributed by atoms with Gasteiger partial charge in [0.15, 0.2) is 0 Å². The molecule has 1 aromatic heterocycles. The third-order valence-electron chi connectivity index (χ3n) is 3.29. The van der Waals surface area contributed by atoms with Gasteiger partial charge in [0.05, 0.1) is 6.54 Å². The molecule has 2 aromatic carbocycles. The number of nitrogens with zero attached hydrogens (tertiary/aromatic N) is 3. The maximum absolute atomic E-state index is 6.20. The van der Waals surface area contributed by atoms with Gasteiger partial charge in [-0.3, -0.25) is 0 Å². The fourth-order valence-corrected chi connectivity index (χ4v) is 2.57. The number of rotatable bonds is 5. The molecule has 0 saturated carbocycles. The Bertz CT molecular complexity index is 757. The zero-order valence-corrected chi connectivity index (χ0v) is 13.2. The molecule has 0 saturated heterocycles. The molecule has 1 N–H and O–H groups in total. The van der Waals surface area contributed by atoms with Gasteiger partial charge >= 0.3 is 0 Å². The lowest BCUT2D eigenvalue weighted by Gasteiger charge is -2.13. The van der Waals surface area contributed by atoms with Crippen LogP contribution in [0.15, 0.2) is 55.1 Å². The summed E-state index contributed by atoms with van der Waals surface area (Å²) < 4.78 is 1.78. The van der Waals surface area contributed by atoms with Crippen LogP contribution >= 0.6 is 23.2 Å². The fourth-order valence-electron chi connectivity index (χ4n) is 2.19. The Hall–Kier alpha value is -2.04. The maximum Gasteiger partial charge on any atom is 0.137 e. The van der Waals surface area contributed by atoms with Gasteiger partial charge in [-0.05, 0) is 35.4 Å². The van der Waals surface area contributed by atoms with E-state index in [1.54, 1.807) is 17.1 Å². The fraction of sp³-hybridized carbons (Fsp3) is 0.125. The smallest absolute Gasteiger partial charge is 0.137 e. The van der Waals surface area contributed by atoms with Crippen LogP contribution in [0.1, 0.15) is 11.1 Å². The number of hydrogen-bond donors (Lipinski definition) is 1. The first-order valence-corrected chi connectivity index (χ1v) is 7.56. The Kier molecular flexibility index (Phi) is 4.61. The minimum absolute atomic E-state index is 0.605. The van der Waals surface area contributed by atoms with Gasteiger partial charge in [-0.25, -0.2) is 9.67 Å². The quantitative estimate of drug-likeness (QED) is 0.759. The summed E-state index contributed by atoms with van der Waals surface area (Å²) in [5.74, 6) is 0. The highest BCUT2D eigenvalue weighted by Crippen LogP contribution is 2.23. The monoisotopic (exact) mass is 332 g/mol. The molecule has 3 rings (SSSR count). The number of anilines is 1. The average Bonchev–Trinajstić information content (AvgIpc) is 3.02. The van der Waals surface area contributed by atoms with Gasteiger partial charge in [0.1, 0.15) is 12.7 Å². The van der Waals surface area contributed by atoms with Crippen molar-refractivity contribution in [3.8, 4) is 0 Å². The summed E-state index contributed by atoms with van der Waals surface area (Å²) in [5.41, 5.74) is 3.13. The van der Waals surface area contributed by atoms with Crippen LogP contribution in [0.2, 0.25) is 10.0 Å². The first-order valence-electron chi connectivity index (χ1n) is 6.80. The summed E-state index contributed by atoms with van der Waals surface area (Å²) in [6.45, 7) is 1.26. The van der Waals surface area contributed by atoms with E-state index in [1.807, 2.05) is 30.3 Å². The largest absolute Gasteiger partial charge is 0.381 e. The zero-order valence-electron chi connectivity index (χ0n) is 11.7. The number of halogens is 2. The topological polar surface area (TPSA) is 42.7 Å². The standard InChI is InChI=1S/C16H14Cl2N4/c17-14-5-6-15(18)13(7-14)8-20-16-4-2-1-3-12(16)9-22-11-19-10-21-22/h1-7,10-11,20H,8-9H2. The predicted molar refractivity (Wildman–Crippen MR) is 89.4 cm³/mol. The van der Waals surface area contributed by atoms with Gasteiger partial charge in [0, 0.05) is 22.3 Å². The zero-order chi connectivity index (χ0) is 15.4. The molecule has 0 aliphatic carbocycles. The molecule has 0 aliphatic rings. The second kappa shape index (κ2) is 6.81. The van der Waals surface area contributed by atoms with Crippen LogP contribution in [0, 0.1) is 0 Å². The van der Waals surface area contributed by atoms with Gasteiger partial charge in [0.25, 0.3) is 0 Å². The molecule has 0 amide bonds. The van der Waals surface area contributed by atoms with Crippen LogP contribution in [0.25, 0.3) is 0 Å². The van der Waals surface area contributed by atoms with E-state index in [2.05, 4.69) is 21.5 Å². The Morgan fingerprint density at radius 1 is 1.05 bits per heavy atom. The van der Waals surface area contributed by atoms with Gasteiger partial charge in [0.2, 0.25) is 0 Å². The Morgan fingerprint density at radius 2 is 1.91 bits per heavy atom. The third kappa shape index (κ3) is 3.59. The van der Waals surface area contributed by atoms with Gasteiger partial charge in [-0.15, -0.1) is 0 Å². The van der Waals surface area contributed by atoms with E-state index < -0.39 is 0 Å². The van der Waals surface area contributed by atoms with Crippen molar-refractivity contribution in [1.29, 1.82) is 0 Å². The third-order valence-corrected chi connectivity index (χ3v) is 3.90. The number of aromatic nitrogens is 3. The van der Waals surface area contributed by atoms with E-state index in [0.717, 1.165) is 16.8 Å². The van der Waals surface area contributed by atoms with E-state index >= 15 is 0 Å². The van der Waals surface area contributed by atoms with E-state index in [1.165, 1.54) is 6.33 Å². The maximum atomic E-state index is 6.20. The van der Waals surface area contributed by atoms with Crippen molar-refractivity contribution < 1.29 is 0 Å². The summed E-state index contributed by atoms with van der Waals surface area (Å²) in [5, 5.41) is 8.92. The van der Waals surface area contributed by atoms with Crippen molar-refractivity contribution in [3.05, 3.63) is 76.3 Å². The average molecular weight is 333 g/mol. The molecular weight excluding hydrogens is 319 g/mol. The molecule has 6 heteroatoms. The van der Waals surface area contributed by atoms with Crippen LogP contribution in [0.3, 0.4) is 0 Å². The molecule has 0 spiro atoms. The first-order chi connectivity index (χ1) is 10.7. The molecule has 0 unspecified atom stereocenters. The predicted octanol–water partition coefficient (Wildman–Crippen LogP) is 4.25. The lowest BCUT2D eigenvalue weighted by atomic mass is 10.1. The van der Waals surface area contributed by atoms with E-state index in [0.29, 0.717) is 23.1 Å². The summed E-state index contributed by atoms with van der Waals surface area (Å²) >= 11 is 12.2. The van der Waals surface area contributed by atoms with E-state index in [4.69, 9.17) is 23.2 Å². The SMILES string of the molecule is Clc1ccc(Cl)c(CNc2ccccc2Cn2cncn2)c1. The normalized spacial score (nSPS) is 10.6. The number of benzene rings is 2. The molecule has 0 atom stereocenters. The highest BCUT2D eigenvalue weighted by atomic mass is 35.5. The minimum atomic E-state index is 0.605. The molecule has 0 bridgehead atoms. The van der Waals surface area contributed by atoms with Crippen LogP contribution < -0.4 is 5.32 Å². The van der Waals surface area contributed by atoms with Crippen LogP contribution in [0.5, 0.6) is 0 Å². The second-order valence-corrected chi connectivity index (χ2v) is 5.68. The van der Waals surface area contributed by atoms with E-state index in [9.17, 15) is 0 Å². The van der Waals surface area contributed by atoms with Crippen molar-refractivity contribution >= 4 is 28.9 Å². The molecule has 1 heterocycles. The summed E-state index contributed by atoms with van der Waals surface area (Å²) in [7, 11) is 0. The lowest BCUT2D eigenvalue weighted by Crippen LogP contribution is -2.06. The lowest BCUT2D eigenvalue weighted by molar-refractivity contribution is 0.685. The minimum Gasteiger partial charge on any atom is -0.381 e. The van der Waals surface area contributed by atoms with E-state index in [-0.39, 0.29) is 0 Å². The molecule has 0 fully saturated rings. The molecule has 112 valence electrons. The van der Waals surface area contributed by atoms with Crippen LogP contribution in [0.4, 0.5) is 5.69 Å². The molecule has 4 nitrogen and oxygen atoms in total. The summed E-state index contributed by atoms with van der Waals surface area (Å²) in [4.78, 5) is 3.96. The molecular formula is C16H14Cl2N4. The number of para-hydroxylation sites is 1. The highest BCUT2D eigenvalue weighted by Gasteiger charge is 2.05. The molecule has 0 aliphatic heterocycles. The van der Waals surface area contributed by atoms with Crippen LogP contribution in [-0.2, 0) is 13.1 Å². The van der Waals surface area contributed by atoms with Crippen molar-refractivity contribution in [2.45, 2.75) is 13.1 Å². The second-order valence-electron chi connectivity index (χ2n) is 4.84. The van der Waals surface area contributed by atoms with Crippen LogP contribution in [-0.4, -0.2) is 14.8 Å². The van der Waals surface area contributed by atoms with Gasteiger partial charge in [-0.1, -0.05) is 41.4 Å². The first kappa shape index (κ1) is 14.9. The molecule has 0 radical (unpaired) electrons. The van der Waals surface area contributed by atoms with Crippen molar-refractivity contribution in [2.24, 2.45) is 0 Å². The Balaban J connectivity index is 1.76. The van der Waals surface area contributed by atoms with Gasteiger partial charge in [-0.2, -0.15) is 5.10 Å². The summed E-state index contributed by atoms with van der Waals surface area (Å²) in [6, 6.07) is 13.6. The molecule has 22 heavy (non-hydrogen) atoms. The number of hydrogen-bond acceptors (Lipinski definition) is 3. The number of nitrogens with one attached hydrogen (secondary N) is 1. The Labute approximate surface area is 138 Å². The van der Waals surface area contributed by atoms with Gasteiger partial charge < -0.3 is 5.32 Å². The Morgan fingerprint density at radius 3 is 2.73 bits per heavy atom. The van der Waals surface area contributed by atoms with Crippen molar-refractivity contribution in [3.63, 3.8) is 0 Å². The van der Waals surface area contributed by atoms with Crippen molar-refractivity contribution in [1.82, 2.24) is 14.8 Å². The highest BCUT2D eigenvalue weighted by molar-refractivity contribution is 6.33. The molecule has 3 aromatic rings.